The summed E-state index contributed by atoms with van der Waals surface area (Å²) in [5.41, 5.74) is 3.78. The molecule has 3 aromatic rings. The number of rotatable bonds is 8. The van der Waals surface area contributed by atoms with Gasteiger partial charge in [-0.25, -0.2) is 4.98 Å². The molecule has 3 N–H and O–H groups in total. The molecular formula is C29H41N5O4. The van der Waals surface area contributed by atoms with Gasteiger partial charge in [0.25, 0.3) is 5.56 Å². The number of hydrogen-bond donors (Lipinski definition) is 3. The van der Waals surface area contributed by atoms with Gasteiger partial charge in [-0.3, -0.25) is 14.9 Å². The average Bonchev–Trinajstić information content (AvgIpc) is 3.19. The number of benzene rings is 1. The highest BCUT2D eigenvalue weighted by Gasteiger charge is 2.28. The predicted octanol–water partition coefficient (Wildman–Crippen LogP) is 2.89. The molecule has 9 heteroatoms. The lowest BCUT2D eigenvalue weighted by molar-refractivity contribution is -0.160. The number of pyridine rings is 1. The summed E-state index contributed by atoms with van der Waals surface area (Å²) in [6, 6.07) is 7.14. The number of aryl methyl sites for hydroxylation is 2. The molecule has 0 saturated carbocycles. The van der Waals surface area contributed by atoms with Gasteiger partial charge in [0, 0.05) is 37.5 Å². The van der Waals surface area contributed by atoms with Gasteiger partial charge in [0.05, 0.1) is 17.1 Å². The molecule has 38 heavy (non-hydrogen) atoms. The van der Waals surface area contributed by atoms with Crippen molar-refractivity contribution >= 4 is 17.0 Å². The maximum atomic E-state index is 12.7. The smallest absolute Gasteiger partial charge is 0.326 e. The normalized spacial score (nSPS) is 17.9. The molecule has 0 amide bonds. The lowest BCUT2D eigenvalue weighted by Gasteiger charge is -2.26. The van der Waals surface area contributed by atoms with Crippen molar-refractivity contribution in [2.45, 2.75) is 78.3 Å². The van der Waals surface area contributed by atoms with E-state index >= 15 is 0 Å². The molecule has 0 spiro atoms. The number of piperidine rings is 1. The molecule has 1 fully saturated rings. The minimum Gasteiger partial charge on any atom is -0.459 e. The number of esters is 1. The molecule has 0 bridgehead atoms. The van der Waals surface area contributed by atoms with E-state index in [1.165, 1.54) is 0 Å². The first-order chi connectivity index (χ1) is 17.9. The first-order valence-corrected chi connectivity index (χ1v) is 13.4. The number of ether oxygens (including phenoxy) is 1. The van der Waals surface area contributed by atoms with Crippen LogP contribution < -0.4 is 16.2 Å². The zero-order valence-corrected chi connectivity index (χ0v) is 23.4. The molecule has 0 aliphatic carbocycles. The number of fused-ring (bicyclic) bond motifs is 1. The fourth-order valence-corrected chi connectivity index (χ4v) is 5.07. The van der Waals surface area contributed by atoms with Crippen LogP contribution in [0.4, 0.5) is 0 Å². The maximum Gasteiger partial charge on any atom is 0.326 e. The summed E-state index contributed by atoms with van der Waals surface area (Å²) in [5.74, 6) is 0.836. The molecule has 1 aliphatic rings. The molecule has 3 heterocycles. The van der Waals surface area contributed by atoms with Crippen LogP contribution in [0.3, 0.4) is 0 Å². The van der Waals surface area contributed by atoms with Crippen molar-refractivity contribution in [1.82, 2.24) is 24.8 Å². The molecule has 0 radical (unpaired) electrons. The lowest BCUT2D eigenvalue weighted by atomic mass is 9.99. The summed E-state index contributed by atoms with van der Waals surface area (Å²) < 4.78 is 9.37. The van der Waals surface area contributed by atoms with Crippen LogP contribution in [0.15, 0.2) is 35.3 Å². The number of aromatic nitrogens is 3. The highest BCUT2D eigenvalue weighted by atomic mass is 16.6. The SMILES string of the molecule is Cc1cc(-c2nc3ccc(CN[C@H](C(=O)OC(C)(C)C)[C@@H](C)O)cc3n2C[C@H]2CCCNC2)cn(C)c1=O. The van der Waals surface area contributed by atoms with E-state index in [2.05, 4.69) is 21.3 Å². The van der Waals surface area contributed by atoms with Crippen molar-refractivity contribution in [3.8, 4) is 11.4 Å². The fourth-order valence-electron chi connectivity index (χ4n) is 5.07. The zero-order chi connectivity index (χ0) is 27.6. The standard InChI is InChI=1S/C29H41N5O4/c1-18-12-22(17-33(6)27(18)36)26-32-23-10-9-20(13-24(23)34(26)16-21-8-7-11-30-14-21)15-31-25(19(2)35)28(37)38-29(3,4)5/h9-10,12-13,17,19,21,25,30-31,35H,7-8,11,14-16H2,1-6H3/t19-,21+,25+/m1/s1. The van der Waals surface area contributed by atoms with Gasteiger partial charge in [0.15, 0.2) is 0 Å². The van der Waals surface area contributed by atoms with Gasteiger partial charge in [-0.2, -0.15) is 0 Å². The van der Waals surface area contributed by atoms with Gasteiger partial charge in [-0.1, -0.05) is 6.07 Å². The van der Waals surface area contributed by atoms with Crippen molar-refractivity contribution in [3.63, 3.8) is 0 Å². The van der Waals surface area contributed by atoms with Crippen LogP contribution in [0.2, 0.25) is 0 Å². The first-order valence-electron chi connectivity index (χ1n) is 13.4. The van der Waals surface area contributed by atoms with Gasteiger partial charge >= 0.3 is 5.97 Å². The molecule has 2 aromatic heterocycles. The van der Waals surface area contributed by atoms with E-state index in [0.717, 1.165) is 60.5 Å². The second kappa shape index (κ2) is 11.4. The number of nitrogens with one attached hydrogen (secondary N) is 2. The van der Waals surface area contributed by atoms with E-state index in [4.69, 9.17) is 9.72 Å². The van der Waals surface area contributed by atoms with Gasteiger partial charge in [0.2, 0.25) is 0 Å². The number of imidazole rings is 1. The Kier molecular flexibility index (Phi) is 8.40. The average molecular weight is 524 g/mol. The van der Waals surface area contributed by atoms with Gasteiger partial charge in [-0.15, -0.1) is 0 Å². The van der Waals surface area contributed by atoms with Crippen LogP contribution in [0.25, 0.3) is 22.4 Å². The molecule has 1 aromatic carbocycles. The number of hydrogen-bond acceptors (Lipinski definition) is 7. The van der Waals surface area contributed by atoms with Crippen LogP contribution in [-0.4, -0.2) is 56.0 Å². The highest BCUT2D eigenvalue weighted by Crippen LogP contribution is 2.28. The Morgan fingerprint density at radius 3 is 2.71 bits per heavy atom. The van der Waals surface area contributed by atoms with E-state index in [9.17, 15) is 14.7 Å². The number of carbonyl (C=O) groups is 1. The zero-order valence-electron chi connectivity index (χ0n) is 23.4. The van der Waals surface area contributed by atoms with Gasteiger partial charge in [-0.05, 0) is 90.2 Å². The minimum atomic E-state index is -0.905. The second-order valence-corrected chi connectivity index (χ2v) is 11.5. The Hall–Kier alpha value is -3.01. The topological polar surface area (TPSA) is 110 Å². The molecule has 4 rings (SSSR count). The first kappa shape index (κ1) is 28.0. The molecule has 0 unspecified atom stereocenters. The van der Waals surface area contributed by atoms with Gasteiger partial charge in [0.1, 0.15) is 17.5 Å². The van der Waals surface area contributed by atoms with E-state index < -0.39 is 23.7 Å². The van der Waals surface area contributed by atoms with Crippen molar-refractivity contribution < 1.29 is 14.6 Å². The van der Waals surface area contributed by atoms with Crippen LogP contribution in [0, 0.1) is 12.8 Å². The Morgan fingerprint density at radius 2 is 2.08 bits per heavy atom. The van der Waals surface area contributed by atoms with Crippen LogP contribution in [-0.2, 0) is 29.7 Å². The molecule has 3 atom stereocenters. The van der Waals surface area contributed by atoms with E-state index in [1.54, 1.807) is 18.5 Å². The lowest BCUT2D eigenvalue weighted by Crippen LogP contribution is -2.47. The molecular weight excluding hydrogens is 482 g/mol. The van der Waals surface area contributed by atoms with E-state index in [0.29, 0.717) is 18.0 Å². The minimum absolute atomic E-state index is 0.0149. The number of aliphatic hydroxyl groups is 1. The summed E-state index contributed by atoms with van der Waals surface area (Å²) in [6.07, 6.45) is 3.23. The second-order valence-electron chi connectivity index (χ2n) is 11.5. The predicted molar refractivity (Wildman–Crippen MR) is 149 cm³/mol. The Morgan fingerprint density at radius 1 is 1.32 bits per heavy atom. The van der Waals surface area contributed by atoms with Crippen LogP contribution >= 0.6 is 0 Å². The van der Waals surface area contributed by atoms with E-state index in [1.807, 2.05) is 52.1 Å². The summed E-state index contributed by atoms with van der Waals surface area (Å²) in [7, 11) is 1.77. The van der Waals surface area contributed by atoms with Crippen LogP contribution in [0.5, 0.6) is 0 Å². The number of aliphatic hydroxyl groups excluding tert-OH is 1. The fraction of sp³-hybridized carbons (Fsp3) is 0.552. The third-order valence-corrected chi connectivity index (χ3v) is 6.94. The summed E-state index contributed by atoms with van der Waals surface area (Å²) in [6.45, 7) is 12.0. The molecule has 1 aliphatic heterocycles. The van der Waals surface area contributed by atoms with Crippen molar-refractivity contribution in [2.75, 3.05) is 13.1 Å². The summed E-state index contributed by atoms with van der Waals surface area (Å²) in [4.78, 5) is 30.0. The Bertz CT molecular complexity index is 1320. The van der Waals surface area contributed by atoms with Crippen molar-refractivity contribution in [2.24, 2.45) is 13.0 Å². The maximum absolute atomic E-state index is 12.7. The van der Waals surface area contributed by atoms with Crippen molar-refractivity contribution in [3.05, 3.63) is 51.9 Å². The van der Waals surface area contributed by atoms with Crippen LogP contribution in [0.1, 0.15) is 51.7 Å². The molecule has 206 valence electrons. The highest BCUT2D eigenvalue weighted by molar-refractivity contribution is 5.81. The number of nitrogens with zero attached hydrogens (tertiary/aromatic N) is 3. The largest absolute Gasteiger partial charge is 0.459 e. The number of carbonyl (C=O) groups excluding carboxylic acids is 1. The van der Waals surface area contributed by atoms with Gasteiger partial charge < -0.3 is 24.3 Å². The summed E-state index contributed by atoms with van der Waals surface area (Å²) in [5, 5.41) is 16.9. The van der Waals surface area contributed by atoms with Crippen molar-refractivity contribution in [1.29, 1.82) is 0 Å². The third-order valence-electron chi connectivity index (χ3n) is 6.94. The monoisotopic (exact) mass is 523 g/mol. The summed E-state index contributed by atoms with van der Waals surface area (Å²) >= 11 is 0. The van der Waals surface area contributed by atoms with E-state index in [-0.39, 0.29) is 5.56 Å². The Labute approximate surface area is 224 Å². The molecule has 9 nitrogen and oxygen atoms in total. The Balaban J connectivity index is 1.68. The quantitative estimate of drug-likeness (QED) is 0.390. The molecule has 1 saturated heterocycles. The third kappa shape index (κ3) is 6.51.